The largest absolute Gasteiger partial charge is 0.356 e. The third kappa shape index (κ3) is 2.57. The number of carbonyl (C=O) groups excluding carboxylic acids is 1. The van der Waals surface area contributed by atoms with E-state index < -0.39 is 0 Å². The molecule has 92 valence electrons. The van der Waals surface area contributed by atoms with Crippen molar-refractivity contribution >= 4 is 5.91 Å². The Morgan fingerprint density at radius 2 is 2.19 bits per heavy atom. The first-order valence-electron chi connectivity index (χ1n) is 6.67. The molecule has 0 aliphatic heterocycles. The lowest BCUT2D eigenvalue weighted by atomic mass is 9.84. The van der Waals surface area contributed by atoms with E-state index >= 15 is 0 Å². The zero-order valence-corrected chi connectivity index (χ0v) is 10.3. The molecule has 0 aromatic carbocycles. The van der Waals surface area contributed by atoms with E-state index in [1.165, 1.54) is 19.3 Å². The van der Waals surface area contributed by atoms with Gasteiger partial charge < -0.3 is 11.1 Å². The van der Waals surface area contributed by atoms with Crippen LogP contribution in [-0.2, 0) is 4.79 Å². The van der Waals surface area contributed by atoms with E-state index in [0.717, 1.165) is 38.1 Å². The van der Waals surface area contributed by atoms with Crippen LogP contribution in [0.2, 0.25) is 0 Å². The fourth-order valence-electron chi connectivity index (χ4n) is 2.68. The van der Waals surface area contributed by atoms with Crippen molar-refractivity contribution in [3.8, 4) is 0 Å². The van der Waals surface area contributed by atoms with E-state index in [1.807, 2.05) is 6.92 Å². The smallest absolute Gasteiger partial charge is 0.227 e. The highest BCUT2D eigenvalue weighted by Crippen LogP contribution is 2.37. The first-order valence-corrected chi connectivity index (χ1v) is 6.67. The van der Waals surface area contributed by atoms with Crippen LogP contribution in [0.1, 0.15) is 51.9 Å². The standard InChI is InChI=1S/C13H24N2O/c1-13(8-2-5-11(13)14)12(16)15-9-3-4-10-6-7-10/h10-11H,2-9,14H2,1H3,(H,15,16). The van der Waals surface area contributed by atoms with Gasteiger partial charge in [0.15, 0.2) is 0 Å². The summed E-state index contributed by atoms with van der Waals surface area (Å²) in [5, 5.41) is 3.06. The maximum atomic E-state index is 12.0. The average molecular weight is 224 g/mol. The number of amides is 1. The van der Waals surface area contributed by atoms with Gasteiger partial charge in [-0.05, 0) is 38.5 Å². The van der Waals surface area contributed by atoms with Crippen LogP contribution in [0.5, 0.6) is 0 Å². The van der Waals surface area contributed by atoms with Gasteiger partial charge in [0.05, 0.1) is 5.41 Å². The zero-order chi connectivity index (χ0) is 11.6. The van der Waals surface area contributed by atoms with E-state index in [2.05, 4.69) is 5.32 Å². The molecule has 0 radical (unpaired) electrons. The first kappa shape index (κ1) is 11.9. The van der Waals surface area contributed by atoms with Gasteiger partial charge in [-0.2, -0.15) is 0 Å². The molecule has 0 aromatic rings. The van der Waals surface area contributed by atoms with Crippen LogP contribution in [0, 0.1) is 11.3 Å². The van der Waals surface area contributed by atoms with Gasteiger partial charge in [-0.25, -0.2) is 0 Å². The summed E-state index contributed by atoms with van der Waals surface area (Å²) in [5.41, 5.74) is 5.71. The molecule has 0 saturated heterocycles. The summed E-state index contributed by atoms with van der Waals surface area (Å²) in [7, 11) is 0. The predicted molar refractivity (Wildman–Crippen MR) is 64.9 cm³/mol. The Balaban J connectivity index is 1.69. The third-order valence-corrected chi connectivity index (χ3v) is 4.32. The molecule has 0 spiro atoms. The Morgan fingerprint density at radius 3 is 2.75 bits per heavy atom. The summed E-state index contributed by atoms with van der Waals surface area (Å²) in [6.07, 6.45) is 8.24. The number of hydrogen-bond acceptors (Lipinski definition) is 2. The zero-order valence-electron chi connectivity index (χ0n) is 10.3. The van der Waals surface area contributed by atoms with Gasteiger partial charge in [-0.3, -0.25) is 4.79 Å². The van der Waals surface area contributed by atoms with E-state index in [-0.39, 0.29) is 17.4 Å². The lowest BCUT2D eigenvalue weighted by Crippen LogP contribution is -2.47. The highest BCUT2D eigenvalue weighted by molar-refractivity contribution is 5.83. The van der Waals surface area contributed by atoms with Crippen molar-refractivity contribution in [1.82, 2.24) is 5.32 Å². The van der Waals surface area contributed by atoms with Gasteiger partial charge in [0.25, 0.3) is 0 Å². The molecular formula is C13H24N2O. The van der Waals surface area contributed by atoms with Gasteiger partial charge in [0, 0.05) is 12.6 Å². The lowest BCUT2D eigenvalue weighted by Gasteiger charge is -2.27. The van der Waals surface area contributed by atoms with Crippen molar-refractivity contribution in [2.75, 3.05) is 6.54 Å². The van der Waals surface area contributed by atoms with E-state index in [4.69, 9.17) is 5.73 Å². The summed E-state index contributed by atoms with van der Waals surface area (Å²) in [6, 6.07) is 0.0518. The van der Waals surface area contributed by atoms with Crippen LogP contribution in [0.25, 0.3) is 0 Å². The number of nitrogens with one attached hydrogen (secondary N) is 1. The molecule has 2 fully saturated rings. The van der Waals surface area contributed by atoms with Crippen molar-refractivity contribution < 1.29 is 4.79 Å². The molecule has 3 heteroatoms. The second-order valence-electron chi connectivity index (χ2n) is 5.76. The molecule has 2 unspecified atom stereocenters. The van der Waals surface area contributed by atoms with Gasteiger partial charge >= 0.3 is 0 Å². The molecular weight excluding hydrogens is 200 g/mol. The normalized spacial score (nSPS) is 34.0. The van der Waals surface area contributed by atoms with Crippen LogP contribution < -0.4 is 11.1 Å². The third-order valence-electron chi connectivity index (χ3n) is 4.32. The van der Waals surface area contributed by atoms with E-state index in [0.29, 0.717) is 0 Å². The van der Waals surface area contributed by atoms with Gasteiger partial charge in [0.1, 0.15) is 0 Å². The van der Waals surface area contributed by atoms with Crippen molar-refractivity contribution in [1.29, 1.82) is 0 Å². The molecule has 0 aromatic heterocycles. The number of rotatable bonds is 5. The fourth-order valence-corrected chi connectivity index (χ4v) is 2.68. The monoisotopic (exact) mass is 224 g/mol. The van der Waals surface area contributed by atoms with Crippen LogP contribution in [0.4, 0.5) is 0 Å². The summed E-state index contributed by atoms with van der Waals surface area (Å²) in [5.74, 6) is 1.13. The van der Waals surface area contributed by atoms with Crippen molar-refractivity contribution in [2.24, 2.45) is 17.1 Å². The molecule has 2 aliphatic carbocycles. The molecule has 1 amide bonds. The number of hydrogen-bond donors (Lipinski definition) is 2. The van der Waals surface area contributed by atoms with Crippen LogP contribution >= 0.6 is 0 Å². The molecule has 2 atom stereocenters. The number of carbonyl (C=O) groups is 1. The SMILES string of the molecule is CC1(C(=O)NCCCC2CC2)CCCC1N. The topological polar surface area (TPSA) is 55.1 Å². The Bertz CT molecular complexity index is 263. The fraction of sp³-hybridized carbons (Fsp3) is 0.923. The van der Waals surface area contributed by atoms with Gasteiger partial charge in [-0.15, -0.1) is 0 Å². The Kier molecular flexibility index (Phi) is 3.53. The highest BCUT2D eigenvalue weighted by Gasteiger charge is 2.42. The molecule has 2 saturated carbocycles. The predicted octanol–water partition coefficient (Wildman–Crippen LogP) is 1.81. The van der Waals surface area contributed by atoms with Crippen LogP contribution in [-0.4, -0.2) is 18.5 Å². The second kappa shape index (κ2) is 4.74. The summed E-state index contributed by atoms with van der Waals surface area (Å²) < 4.78 is 0. The lowest BCUT2D eigenvalue weighted by molar-refractivity contribution is -0.130. The highest BCUT2D eigenvalue weighted by atomic mass is 16.2. The molecule has 2 rings (SSSR count). The van der Waals surface area contributed by atoms with Crippen molar-refractivity contribution in [3.05, 3.63) is 0 Å². The summed E-state index contributed by atoms with van der Waals surface area (Å²) in [6.45, 7) is 2.85. The molecule has 3 nitrogen and oxygen atoms in total. The average Bonchev–Trinajstić information content (AvgIpc) is 3.01. The maximum absolute atomic E-state index is 12.0. The van der Waals surface area contributed by atoms with Crippen molar-refractivity contribution in [2.45, 2.75) is 57.9 Å². The maximum Gasteiger partial charge on any atom is 0.227 e. The molecule has 3 N–H and O–H groups in total. The van der Waals surface area contributed by atoms with Gasteiger partial charge in [0.2, 0.25) is 5.91 Å². The molecule has 2 aliphatic rings. The summed E-state index contributed by atoms with van der Waals surface area (Å²) >= 11 is 0. The van der Waals surface area contributed by atoms with Crippen LogP contribution in [0.15, 0.2) is 0 Å². The first-order chi connectivity index (χ1) is 7.63. The van der Waals surface area contributed by atoms with E-state index in [1.54, 1.807) is 0 Å². The minimum atomic E-state index is -0.306. The minimum Gasteiger partial charge on any atom is -0.356 e. The Morgan fingerprint density at radius 1 is 1.44 bits per heavy atom. The quantitative estimate of drug-likeness (QED) is 0.700. The van der Waals surface area contributed by atoms with Crippen LogP contribution in [0.3, 0.4) is 0 Å². The molecule has 16 heavy (non-hydrogen) atoms. The second-order valence-corrected chi connectivity index (χ2v) is 5.76. The number of nitrogens with two attached hydrogens (primary N) is 1. The molecule has 0 heterocycles. The van der Waals surface area contributed by atoms with E-state index in [9.17, 15) is 4.79 Å². The Labute approximate surface area is 98.2 Å². The van der Waals surface area contributed by atoms with Crippen molar-refractivity contribution in [3.63, 3.8) is 0 Å². The summed E-state index contributed by atoms with van der Waals surface area (Å²) in [4.78, 5) is 12.0. The Hall–Kier alpha value is -0.570. The van der Waals surface area contributed by atoms with Gasteiger partial charge in [-0.1, -0.05) is 19.3 Å². The minimum absolute atomic E-state index is 0.0518. The molecule has 0 bridgehead atoms.